The molecule has 0 aromatic carbocycles. The first-order valence-corrected chi connectivity index (χ1v) is 7.17. The zero-order chi connectivity index (χ0) is 13.0. The van der Waals surface area contributed by atoms with E-state index in [9.17, 15) is 4.79 Å². The highest BCUT2D eigenvalue weighted by Crippen LogP contribution is 2.19. The Morgan fingerprint density at radius 1 is 1.39 bits per heavy atom. The standard InChI is InChI=1S/C13H26N4O/c1-3-11-10-16(6-4-12(11)14-2)8-9-17-7-5-15-13(17)18/h11-12,14H,3-10H2,1-2H3,(H,15,18). The van der Waals surface area contributed by atoms with E-state index in [2.05, 4.69) is 29.5 Å². The van der Waals surface area contributed by atoms with Crippen LogP contribution in [0.25, 0.3) is 0 Å². The molecule has 2 fully saturated rings. The average Bonchev–Trinajstić information content (AvgIpc) is 2.81. The number of carbonyl (C=O) groups excluding carboxylic acids is 1. The Morgan fingerprint density at radius 2 is 2.22 bits per heavy atom. The molecule has 2 amide bonds. The van der Waals surface area contributed by atoms with Gasteiger partial charge in [-0.15, -0.1) is 0 Å². The predicted octanol–water partition coefficient (Wildman–Crippen LogP) is 0.332. The highest BCUT2D eigenvalue weighted by molar-refractivity contribution is 5.76. The fourth-order valence-corrected chi connectivity index (χ4v) is 3.09. The van der Waals surface area contributed by atoms with E-state index in [-0.39, 0.29) is 6.03 Å². The van der Waals surface area contributed by atoms with Crippen LogP contribution in [0, 0.1) is 5.92 Å². The average molecular weight is 254 g/mol. The molecule has 2 rings (SSSR count). The second-order valence-corrected chi connectivity index (χ2v) is 5.37. The summed E-state index contributed by atoms with van der Waals surface area (Å²) in [5.74, 6) is 0.746. The van der Waals surface area contributed by atoms with Crippen LogP contribution in [0.15, 0.2) is 0 Å². The molecule has 104 valence electrons. The molecule has 0 aromatic heterocycles. The lowest BCUT2D eigenvalue weighted by atomic mass is 9.90. The van der Waals surface area contributed by atoms with Crippen molar-refractivity contribution in [3.63, 3.8) is 0 Å². The van der Waals surface area contributed by atoms with E-state index in [1.54, 1.807) is 0 Å². The van der Waals surface area contributed by atoms with E-state index in [0.29, 0.717) is 6.04 Å². The van der Waals surface area contributed by atoms with E-state index in [1.165, 1.54) is 12.8 Å². The van der Waals surface area contributed by atoms with Gasteiger partial charge in [0, 0.05) is 38.8 Å². The smallest absolute Gasteiger partial charge is 0.317 e. The summed E-state index contributed by atoms with van der Waals surface area (Å²) in [6.07, 6.45) is 2.45. The molecule has 18 heavy (non-hydrogen) atoms. The third-order valence-electron chi connectivity index (χ3n) is 4.34. The van der Waals surface area contributed by atoms with Crippen LogP contribution in [0.1, 0.15) is 19.8 Å². The summed E-state index contributed by atoms with van der Waals surface area (Å²) in [6, 6.07) is 0.772. The topological polar surface area (TPSA) is 47.6 Å². The predicted molar refractivity (Wildman–Crippen MR) is 72.7 cm³/mol. The second-order valence-electron chi connectivity index (χ2n) is 5.37. The van der Waals surface area contributed by atoms with Crippen LogP contribution in [-0.2, 0) is 0 Å². The summed E-state index contributed by atoms with van der Waals surface area (Å²) in [4.78, 5) is 15.9. The van der Waals surface area contributed by atoms with Gasteiger partial charge in [0.1, 0.15) is 0 Å². The maximum absolute atomic E-state index is 11.5. The number of nitrogens with zero attached hydrogens (tertiary/aromatic N) is 2. The number of urea groups is 1. The number of nitrogens with one attached hydrogen (secondary N) is 2. The van der Waals surface area contributed by atoms with Crippen molar-refractivity contribution in [1.29, 1.82) is 0 Å². The van der Waals surface area contributed by atoms with Gasteiger partial charge in [-0.3, -0.25) is 0 Å². The Balaban J connectivity index is 1.75. The zero-order valence-corrected chi connectivity index (χ0v) is 11.6. The number of hydrogen-bond acceptors (Lipinski definition) is 3. The highest BCUT2D eigenvalue weighted by atomic mass is 16.2. The minimum absolute atomic E-state index is 0.104. The van der Waals surface area contributed by atoms with E-state index >= 15 is 0 Å². The molecule has 2 N–H and O–H groups in total. The van der Waals surface area contributed by atoms with Gasteiger partial charge in [-0.1, -0.05) is 13.3 Å². The van der Waals surface area contributed by atoms with Gasteiger partial charge < -0.3 is 20.4 Å². The molecule has 2 atom stereocenters. The Hall–Kier alpha value is -0.810. The number of rotatable bonds is 5. The SMILES string of the molecule is CCC1CN(CCN2CCNC2=O)CCC1NC. The molecule has 2 unspecified atom stereocenters. The first-order valence-electron chi connectivity index (χ1n) is 7.17. The monoisotopic (exact) mass is 254 g/mol. The summed E-state index contributed by atoms with van der Waals surface area (Å²) in [6.45, 7) is 8.13. The van der Waals surface area contributed by atoms with Crippen LogP contribution >= 0.6 is 0 Å². The Morgan fingerprint density at radius 3 is 2.83 bits per heavy atom. The van der Waals surface area contributed by atoms with E-state index in [1.807, 2.05) is 4.90 Å². The van der Waals surface area contributed by atoms with Gasteiger partial charge >= 0.3 is 6.03 Å². The number of amides is 2. The minimum Gasteiger partial charge on any atom is -0.336 e. The second kappa shape index (κ2) is 6.38. The quantitative estimate of drug-likeness (QED) is 0.743. The number of likely N-dealkylation sites (tertiary alicyclic amines) is 1. The van der Waals surface area contributed by atoms with Gasteiger partial charge in [0.25, 0.3) is 0 Å². The molecule has 0 aliphatic carbocycles. The molecule has 5 nitrogen and oxygen atoms in total. The van der Waals surface area contributed by atoms with Gasteiger partial charge in [0.05, 0.1) is 0 Å². The lowest BCUT2D eigenvalue weighted by Crippen LogP contribution is -2.49. The van der Waals surface area contributed by atoms with Crippen LogP contribution < -0.4 is 10.6 Å². The molecule has 2 aliphatic rings. The molecular weight excluding hydrogens is 228 g/mol. The maximum Gasteiger partial charge on any atom is 0.317 e. The van der Waals surface area contributed by atoms with Crippen molar-refractivity contribution in [2.24, 2.45) is 5.92 Å². The molecular formula is C13H26N4O. The molecule has 5 heteroatoms. The Kier molecular flexibility index (Phi) is 4.83. The molecule has 0 radical (unpaired) electrons. The van der Waals surface area contributed by atoms with Crippen molar-refractivity contribution in [3.05, 3.63) is 0 Å². The molecule has 2 aliphatic heterocycles. The normalized spacial score (nSPS) is 29.7. The summed E-state index contributed by atoms with van der Waals surface area (Å²) < 4.78 is 0. The third kappa shape index (κ3) is 3.14. The van der Waals surface area contributed by atoms with Crippen LogP contribution in [-0.4, -0.2) is 68.2 Å². The van der Waals surface area contributed by atoms with Crippen LogP contribution in [0.4, 0.5) is 4.79 Å². The number of carbonyl (C=O) groups is 1. The molecule has 2 heterocycles. The summed E-state index contributed by atoms with van der Waals surface area (Å²) in [5, 5.41) is 6.28. The molecule has 0 bridgehead atoms. The minimum atomic E-state index is 0.104. The van der Waals surface area contributed by atoms with Gasteiger partial charge in [0.15, 0.2) is 0 Å². The van der Waals surface area contributed by atoms with Crippen LogP contribution in [0.3, 0.4) is 0 Å². The van der Waals surface area contributed by atoms with Gasteiger partial charge in [-0.25, -0.2) is 4.79 Å². The summed E-state index contributed by atoms with van der Waals surface area (Å²) in [7, 11) is 2.07. The van der Waals surface area contributed by atoms with Crippen molar-refractivity contribution in [1.82, 2.24) is 20.4 Å². The fourth-order valence-electron chi connectivity index (χ4n) is 3.09. The van der Waals surface area contributed by atoms with Gasteiger partial charge in [-0.05, 0) is 25.9 Å². The largest absolute Gasteiger partial charge is 0.336 e. The number of piperidine rings is 1. The first-order chi connectivity index (χ1) is 8.74. The molecule has 0 aromatic rings. The van der Waals surface area contributed by atoms with E-state index in [4.69, 9.17) is 0 Å². The van der Waals surface area contributed by atoms with Crippen molar-refractivity contribution in [2.45, 2.75) is 25.8 Å². The van der Waals surface area contributed by atoms with E-state index in [0.717, 1.165) is 45.2 Å². The van der Waals surface area contributed by atoms with Crippen molar-refractivity contribution in [2.75, 3.05) is 46.3 Å². The summed E-state index contributed by atoms with van der Waals surface area (Å²) in [5.41, 5.74) is 0. The molecule has 2 saturated heterocycles. The Bertz CT molecular complexity index is 284. The van der Waals surface area contributed by atoms with Crippen molar-refractivity contribution >= 4 is 6.03 Å². The fraction of sp³-hybridized carbons (Fsp3) is 0.923. The molecule has 0 spiro atoms. The van der Waals surface area contributed by atoms with Gasteiger partial charge in [-0.2, -0.15) is 0 Å². The molecule has 0 saturated carbocycles. The van der Waals surface area contributed by atoms with E-state index < -0.39 is 0 Å². The maximum atomic E-state index is 11.5. The van der Waals surface area contributed by atoms with Gasteiger partial charge in [0.2, 0.25) is 0 Å². The van der Waals surface area contributed by atoms with Crippen LogP contribution in [0.5, 0.6) is 0 Å². The Labute approximate surface area is 110 Å². The lowest BCUT2D eigenvalue weighted by Gasteiger charge is -2.38. The van der Waals surface area contributed by atoms with Crippen molar-refractivity contribution < 1.29 is 4.79 Å². The lowest BCUT2D eigenvalue weighted by molar-refractivity contribution is 0.129. The summed E-state index contributed by atoms with van der Waals surface area (Å²) >= 11 is 0. The first kappa shape index (κ1) is 13.6. The third-order valence-corrected chi connectivity index (χ3v) is 4.34. The van der Waals surface area contributed by atoms with Crippen LogP contribution in [0.2, 0.25) is 0 Å². The number of hydrogen-bond donors (Lipinski definition) is 2. The highest BCUT2D eigenvalue weighted by Gasteiger charge is 2.27. The van der Waals surface area contributed by atoms with Crippen molar-refractivity contribution in [3.8, 4) is 0 Å². The zero-order valence-electron chi connectivity index (χ0n) is 11.6.